The fourth-order valence-corrected chi connectivity index (χ4v) is 2.16. The van der Waals surface area contributed by atoms with E-state index in [9.17, 15) is 4.79 Å². The van der Waals surface area contributed by atoms with Crippen molar-refractivity contribution >= 4 is 11.6 Å². The van der Waals surface area contributed by atoms with Crippen LogP contribution in [0, 0.1) is 0 Å². The number of aromatic nitrogens is 1. The summed E-state index contributed by atoms with van der Waals surface area (Å²) >= 11 is 0. The molecule has 6 heteroatoms. The molecule has 0 aliphatic carbocycles. The highest BCUT2D eigenvalue weighted by atomic mass is 16.5. The van der Waals surface area contributed by atoms with Crippen LogP contribution in [0.1, 0.15) is 18.9 Å². The van der Waals surface area contributed by atoms with Crippen molar-refractivity contribution in [1.82, 2.24) is 4.98 Å². The molecular weight excluding hydrogens is 332 g/mol. The van der Waals surface area contributed by atoms with Crippen molar-refractivity contribution in [2.75, 3.05) is 19.0 Å². The van der Waals surface area contributed by atoms with Crippen LogP contribution in [-0.4, -0.2) is 30.7 Å². The van der Waals surface area contributed by atoms with E-state index in [1.54, 1.807) is 50.7 Å². The fourth-order valence-electron chi connectivity index (χ4n) is 2.16. The predicted octanol–water partition coefficient (Wildman–Crippen LogP) is 3.59. The Morgan fingerprint density at radius 2 is 2.19 bits per heavy atom. The summed E-state index contributed by atoms with van der Waals surface area (Å²) in [6.07, 6.45) is 5.34. The molecule has 0 bridgehead atoms. The largest absolute Gasteiger partial charge is 0.493 e. The second-order valence-corrected chi connectivity index (χ2v) is 5.60. The molecule has 26 heavy (non-hydrogen) atoms. The van der Waals surface area contributed by atoms with E-state index < -0.39 is 6.10 Å². The van der Waals surface area contributed by atoms with Gasteiger partial charge in [-0.15, -0.1) is 6.58 Å². The number of hydrogen-bond acceptors (Lipinski definition) is 5. The van der Waals surface area contributed by atoms with Gasteiger partial charge in [0.15, 0.2) is 11.5 Å². The van der Waals surface area contributed by atoms with E-state index >= 15 is 0 Å². The zero-order chi connectivity index (χ0) is 18.8. The lowest BCUT2D eigenvalue weighted by Crippen LogP contribution is -2.28. The van der Waals surface area contributed by atoms with Gasteiger partial charge in [0, 0.05) is 29.7 Å². The highest BCUT2D eigenvalue weighted by Crippen LogP contribution is 2.31. The van der Waals surface area contributed by atoms with E-state index in [0.29, 0.717) is 36.8 Å². The third-order valence-corrected chi connectivity index (χ3v) is 3.61. The van der Waals surface area contributed by atoms with E-state index in [0.717, 1.165) is 5.56 Å². The molecule has 1 heterocycles. The summed E-state index contributed by atoms with van der Waals surface area (Å²) in [6, 6.07) is 9.00. The topological polar surface area (TPSA) is 69.7 Å². The van der Waals surface area contributed by atoms with Crippen LogP contribution in [0.5, 0.6) is 11.5 Å². The molecular formula is C20H24N2O4. The number of nitrogens with zero attached hydrogens (tertiary/aromatic N) is 1. The van der Waals surface area contributed by atoms with E-state index in [-0.39, 0.29) is 5.91 Å². The summed E-state index contributed by atoms with van der Waals surface area (Å²) in [5.74, 6) is 0.897. The third-order valence-electron chi connectivity index (χ3n) is 3.61. The normalized spacial score (nSPS) is 11.5. The first-order valence-electron chi connectivity index (χ1n) is 8.37. The van der Waals surface area contributed by atoms with Crippen LogP contribution in [0.4, 0.5) is 5.69 Å². The van der Waals surface area contributed by atoms with Crippen molar-refractivity contribution in [3.05, 3.63) is 60.9 Å². The number of methoxy groups -OCH3 is 1. The number of carbonyl (C=O) groups is 1. The van der Waals surface area contributed by atoms with Crippen molar-refractivity contribution < 1.29 is 19.0 Å². The number of amides is 1. The van der Waals surface area contributed by atoms with Gasteiger partial charge in [0.25, 0.3) is 5.91 Å². The maximum Gasteiger partial charge on any atom is 0.253 e. The van der Waals surface area contributed by atoms with Crippen LogP contribution in [0.25, 0.3) is 0 Å². The van der Waals surface area contributed by atoms with E-state index in [1.807, 2.05) is 12.1 Å². The quantitative estimate of drug-likeness (QED) is 0.520. The molecule has 1 unspecified atom stereocenters. The smallest absolute Gasteiger partial charge is 0.253 e. The highest BCUT2D eigenvalue weighted by molar-refractivity contribution is 5.94. The summed E-state index contributed by atoms with van der Waals surface area (Å²) < 4.78 is 16.6. The Bertz CT molecular complexity index is 719. The minimum atomic E-state index is -0.559. The standard InChI is InChI=1S/C20H24N2O4/c1-4-5-11-25-15(2)20(23)22-17-8-9-18(24-3)19(12-17)26-14-16-7-6-10-21-13-16/h4,6-10,12-13,15H,1,5,11,14H2,2-3H3,(H,22,23). The Morgan fingerprint density at radius 1 is 1.35 bits per heavy atom. The number of hydrogen-bond donors (Lipinski definition) is 1. The van der Waals surface area contributed by atoms with Crippen LogP contribution >= 0.6 is 0 Å². The maximum atomic E-state index is 12.2. The zero-order valence-electron chi connectivity index (χ0n) is 15.1. The Labute approximate surface area is 153 Å². The Balaban J connectivity index is 2.01. The molecule has 0 aliphatic rings. The summed E-state index contributed by atoms with van der Waals surface area (Å²) in [5.41, 5.74) is 1.55. The molecule has 1 aromatic heterocycles. The molecule has 1 aromatic carbocycles. The molecule has 0 saturated carbocycles. The van der Waals surface area contributed by atoms with Gasteiger partial charge in [0.05, 0.1) is 13.7 Å². The lowest BCUT2D eigenvalue weighted by Gasteiger charge is -2.15. The van der Waals surface area contributed by atoms with Crippen molar-refractivity contribution in [1.29, 1.82) is 0 Å². The van der Waals surface area contributed by atoms with Gasteiger partial charge >= 0.3 is 0 Å². The molecule has 2 rings (SSSR count). The second kappa shape index (κ2) is 10.2. The van der Waals surface area contributed by atoms with Gasteiger partial charge in [-0.2, -0.15) is 0 Å². The number of rotatable bonds is 10. The monoisotopic (exact) mass is 356 g/mol. The van der Waals surface area contributed by atoms with Crippen molar-refractivity contribution in [2.45, 2.75) is 26.1 Å². The Morgan fingerprint density at radius 3 is 2.88 bits per heavy atom. The molecule has 0 radical (unpaired) electrons. The number of nitrogens with one attached hydrogen (secondary N) is 1. The van der Waals surface area contributed by atoms with Gasteiger partial charge in [0.2, 0.25) is 0 Å². The molecule has 1 N–H and O–H groups in total. The van der Waals surface area contributed by atoms with Crippen molar-refractivity contribution in [3.63, 3.8) is 0 Å². The van der Waals surface area contributed by atoms with Gasteiger partial charge in [0.1, 0.15) is 12.7 Å². The minimum Gasteiger partial charge on any atom is -0.493 e. The zero-order valence-corrected chi connectivity index (χ0v) is 15.1. The van der Waals surface area contributed by atoms with E-state index in [1.165, 1.54) is 0 Å². The van der Waals surface area contributed by atoms with Crippen LogP contribution < -0.4 is 14.8 Å². The van der Waals surface area contributed by atoms with Crippen molar-refractivity contribution in [3.8, 4) is 11.5 Å². The molecule has 1 atom stereocenters. The van der Waals surface area contributed by atoms with Gasteiger partial charge < -0.3 is 19.5 Å². The summed E-state index contributed by atoms with van der Waals surface area (Å²) in [6.45, 7) is 6.14. The number of ether oxygens (including phenoxy) is 3. The van der Waals surface area contributed by atoms with Gasteiger partial charge in [-0.05, 0) is 31.5 Å². The first-order valence-corrected chi connectivity index (χ1v) is 8.37. The molecule has 0 fully saturated rings. The maximum absolute atomic E-state index is 12.2. The van der Waals surface area contributed by atoms with Gasteiger partial charge in [-0.1, -0.05) is 12.1 Å². The third kappa shape index (κ3) is 5.89. The number of benzene rings is 1. The predicted molar refractivity (Wildman–Crippen MR) is 100 cm³/mol. The van der Waals surface area contributed by atoms with Crippen LogP contribution in [0.3, 0.4) is 0 Å². The lowest BCUT2D eigenvalue weighted by molar-refractivity contribution is -0.126. The van der Waals surface area contributed by atoms with Gasteiger partial charge in [-0.25, -0.2) is 0 Å². The Hall–Kier alpha value is -2.86. The first kappa shape index (κ1) is 19.5. The molecule has 2 aromatic rings. The second-order valence-electron chi connectivity index (χ2n) is 5.60. The van der Waals surface area contributed by atoms with Crippen LogP contribution in [-0.2, 0) is 16.1 Å². The average molecular weight is 356 g/mol. The average Bonchev–Trinajstić information content (AvgIpc) is 2.67. The fraction of sp³-hybridized carbons (Fsp3) is 0.300. The van der Waals surface area contributed by atoms with Gasteiger partial charge in [-0.3, -0.25) is 9.78 Å². The SMILES string of the molecule is C=CCCOC(C)C(=O)Nc1ccc(OC)c(OCc2cccnc2)c1. The minimum absolute atomic E-state index is 0.225. The number of anilines is 1. The summed E-state index contributed by atoms with van der Waals surface area (Å²) in [4.78, 5) is 16.3. The number of pyridine rings is 1. The van der Waals surface area contributed by atoms with E-state index in [2.05, 4.69) is 16.9 Å². The molecule has 6 nitrogen and oxygen atoms in total. The lowest BCUT2D eigenvalue weighted by atomic mass is 10.2. The summed E-state index contributed by atoms with van der Waals surface area (Å²) in [7, 11) is 1.57. The van der Waals surface area contributed by atoms with Crippen molar-refractivity contribution in [2.24, 2.45) is 0 Å². The summed E-state index contributed by atoms with van der Waals surface area (Å²) in [5, 5.41) is 2.82. The highest BCUT2D eigenvalue weighted by Gasteiger charge is 2.14. The van der Waals surface area contributed by atoms with Crippen LogP contribution in [0.2, 0.25) is 0 Å². The van der Waals surface area contributed by atoms with Crippen LogP contribution in [0.15, 0.2) is 55.4 Å². The van der Waals surface area contributed by atoms with E-state index in [4.69, 9.17) is 14.2 Å². The Kier molecular flexibility index (Phi) is 7.64. The molecule has 0 saturated heterocycles. The molecule has 0 aliphatic heterocycles. The first-order chi connectivity index (χ1) is 12.6. The molecule has 1 amide bonds. The molecule has 0 spiro atoms. The molecule has 138 valence electrons. The number of carbonyl (C=O) groups excluding carboxylic acids is 1.